The minimum absolute atomic E-state index is 0.104. The van der Waals surface area contributed by atoms with Crippen molar-refractivity contribution in [1.29, 1.82) is 5.41 Å². The maximum Gasteiger partial charge on any atom is 0.320 e. The van der Waals surface area contributed by atoms with E-state index in [0.29, 0.717) is 45.2 Å². The molecule has 0 aromatic heterocycles. The van der Waals surface area contributed by atoms with Crippen molar-refractivity contribution in [3.63, 3.8) is 0 Å². The predicted octanol–water partition coefficient (Wildman–Crippen LogP) is -1.72. The molecule has 0 aliphatic heterocycles. The molecule has 0 rings (SSSR count). The highest BCUT2D eigenvalue weighted by Crippen LogP contribution is 1.99. The highest BCUT2D eigenvalue weighted by atomic mass is 16.4. The maximum atomic E-state index is 11.6. The number of carbonyl (C=O) groups excluding carboxylic acids is 1. The number of carboxylic acid groups (broad SMARTS) is 1. The molecule has 0 fully saturated rings. The molecule has 0 aliphatic rings. The number of unbranched alkanes of at least 4 members (excludes halogenated alkanes) is 1. The molecule has 1 amide bonds. The summed E-state index contributed by atoms with van der Waals surface area (Å²) in [5.74, 6) is -1.35. The summed E-state index contributed by atoms with van der Waals surface area (Å²) in [5, 5.41) is 20.9. The fraction of sp³-hybridized carbons (Fsp3) is 0.750. The number of nitrogens with two attached hydrogens (primary N) is 3. The summed E-state index contributed by atoms with van der Waals surface area (Å²) >= 11 is 0. The van der Waals surface area contributed by atoms with Crippen molar-refractivity contribution < 1.29 is 14.7 Å². The van der Waals surface area contributed by atoms with Gasteiger partial charge >= 0.3 is 5.97 Å². The molecule has 0 bridgehead atoms. The third kappa shape index (κ3) is 10.6. The molecule has 0 radical (unpaired) electrons. The summed E-state index contributed by atoms with van der Waals surface area (Å²) < 4.78 is 0. The lowest BCUT2D eigenvalue weighted by molar-refractivity contribution is -0.138. The maximum absolute atomic E-state index is 11.6. The van der Waals surface area contributed by atoms with Gasteiger partial charge in [0.1, 0.15) is 6.04 Å². The van der Waals surface area contributed by atoms with Gasteiger partial charge in [-0.3, -0.25) is 15.0 Å². The molecule has 122 valence electrons. The summed E-state index contributed by atoms with van der Waals surface area (Å²) in [5.41, 5.74) is 16.2. The lowest BCUT2D eigenvalue weighted by Gasteiger charge is -2.12. The van der Waals surface area contributed by atoms with Crippen LogP contribution in [0.15, 0.2) is 0 Å². The van der Waals surface area contributed by atoms with E-state index in [4.69, 9.17) is 27.7 Å². The Bertz CT molecular complexity index is 350. The normalized spacial score (nSPS) is 13.2. The zero-order chi connectivity index (χ0) is 16.3. The van der Waals surface area contributed by atoms with E-state index in [-0.39, 0.29) is 11.9 Å². The van der Waals surface area contributed by atoms with Crippen molar-refractivity contribution in [2.24, 2.45) is 17.2 Å². The third-order valence-electron chi connectivity index (χ3n) is 2.90. The van der Waals surface area contributed by atoms with Gasteiger partial charge in [0, 0.05) is 13.1 Å². The smallest absolute Gasteiger partial charge is 0.320 e. The van der Waals surface area contributed by atoms with Crippen LogP contribution in [-0.4, -0.2) is 48.1 Å². The quantitative estimate of drug-likeness (QED) is 0.134. The first kappa shape index (κ1) is 19.1. The molecule has 0 aliphatic carbocycles. The number of hydrogen-bond acceptors (Lipinski definition) is 5. The Morgan fingerprint density at radius 2 is 1.57 bits per heavy atom. The monoisotopic (exact) mass is 302 g/mol. The Morgan fingerprint density at radius 1 is 1.00 bits per heavy atom. The van der Waals surface area contributed by atoms with Crippen molar-refractivity contribution in [2.75, 3.05) is 13.1 Å². The van der Waals surface area contributed by atoms with E-state index >= 15 is 0 Å². The highest BCUT2D eigenvalue weighted by molar-refractivity contribution is 5.81. The molecule has 10 N–H and O–H groups in total. The molecule has 0 saturated carbocycles. The number of rotatable bonds is 11. The Labute approximate surface area is 124 Å². The summed E-state index contributed by atoms with van der Waals surface area (Å²) in [4.78, 5) is 22.1. The molecule has 9 heteroatoms. The van der Waals surface area contributed by atoms with E-state index in [2.05, 4.69) is 10.6 Å². The van der Waals surface area contributed by atoms with Crippen molar-refractivity contribution in [3.8, 4) is 0 Å². The molecule has 9 nitrogen and oxygen atoms in total. The molecule has 21 heavy (non-hydrogen) atoms. The minimum atomic E-state index is -1.01. The van der Waals surface area contributed by atoms with Gasteiger partial charge < -0.3 is 32.9 Å². The van der Waals surface area contributed by atoms with Crippen LogP contribution >= 0.6 is 0 Å². The largest absolute Gasteiger partial charge is 0.480 e. The second-order valence-electron chi connectivity index (χ2n) is 4.82. The highest BCUT2D eigenvalue weighted by Gasteiger charge is 2.13. The van der Waals surface area contributed by atoms with Gasteiger partial charge in [0.2, 0.25) is 5.91 Å². The van der Waals surface area contributed by atoms with Crippen LogP contribution in [0.4, 0.5) is 0 Å². The molecule has 0 saturated heterocycles. The van der Waals surface area contributed by atoms with Crippen LogP contribution in [0.5, 0.6) is 0 Å². The molecule has 0 aromatic carbocycles. The number of amides is 1. The van der Waals surface area contributed by atoms with E-state index < -0.39 is 18.1 Å². The third-order valence-corrected chi connectivity index (χ3v) is 2.90. The van der Waals surface area contributed by atoms with Crippen LogP contribution in [0.3, 0.4) is 0 Å². The van der Waals surface area contributed by atoms with Crippen molar-refractivity contribution in [2.45, 2.75) is 44.2 Å². The van der Waals surface area contributed by atoms with Gasteiger partial charge in [-0.2, -0.15) is 0 Å². The van der Waals surface area contributed by atoms with Crippen molar-refractivity contribution in [1.82, 2.24) is 10.6 Å². The van der Waals surface area contributed by atoms with Gasteiger partial charge in [-0.25, -0.2) is 0 Å². The van der Waals surface area contributed by atoms with Crippen LogP contribution in [0.1, 0.15) is 32.1 Å². The van der Waals surface area contributed by atoms with Crippen molar-refractivity contribution in [3.05, 3.63) is 0 Å². The van der Waals surface area contributed by atoms with Crippen LogP contribution in [0, 0.1) is 5.41 Å². The average Bonchev–Trinajstić information content (AvgIpc) is 2.41. The van der Waals surface area contributed by atoms with Crippen LogP contribution in [0.2, 0.25) is 0 Å². The first-order valence-electron chi connectivity index (χ1n) is 6.94. The molecule has 0 aromatic rings. The second-order valence-corrected chi connectivity index (χ2v) is 4.82. The zero-order valence-corrected chi connectivity index (χ0v) is 12.1. The summed E-state index contributed by atoms with van der Waals surface area (Å²) in [6.07, 6.45) is 2.81. The molecular weight excluding hydrogens is 276 g/mol. The number of nitrogens with one attached hydrogen (secondary N) is 3. The topological polar surface area (TPSA) is 180 Å². The molecule has 2 atom stereocenters. The van der Waals surface area contributed by atoms with Gasteiger partial charge in [0.25, 0.3) is 0 Å². The molecule has 2 unspecified atom stereocenters. The molecule has 0 spiro atoms. The number of aliphatic carboxylic acids is 1. The fourth-order valence-electron chi connectivity index (χ4n) is 1.63. The van der Waals surface area contributed by atoms with Gasteiger partial charge in [-0.1, -0.05) is 0 Å². The molecule has 0 heterocycles. The first-order valence-corrected chi connectivity index (χ1v) is 6.94. The fourth-order valence-corrected chi connectivity index (χ4v) is 1.63. The van der Waals surface area contributed by atoms with Gasteiger partial charge in [-0.15, -0.1) is 0 Å². The van der Waals surface area contributed by atoms with Crippen LogP contribution in [-0.2, 0) is 9.59 Å². The van der Waals surface area contributed by atoms with E-state index in [1.807, 2.05) is 0 Å². The standard InChI is InChI=1S/C12H26N6O3/c13-8(5-3-7-18-12(15)16)10(19)17-6-2-1-4-9(14)11(20)21/h8-9H,1-7,13-14H2,(H,17,19)(H,20,21)(H4,15,16,18). The van der Waals surface area contributed by atoms with Crippen LogP contribution in [0.25, 0.3) is 0 Å². The zero-order valence-electron chi connectivity index (χ0n) is 12.1. The SMILES string of the molecule is N=C(N)NCCCC(N)C(=O)NCCCCC(N)C(=O)O. The van der Waals surface area contributed by atoms with E-state index in [9.17, 15) is 9.59 Å². The first-order chi connectivity index (χ1) is 9.84. The van der Waals surface area contributed by atoms with Gasteiger partial charge in [0.15, 0.2) is 5.96 Å². The Morgan fingerprint density at radius 3 is 2.14 bits per heavy atom. The lowest BCUT2D eigenvalue weighted by Crippen LogP contribution is -2.41. The average molecular weight is 302 g/mol. The summed E-state index contributed by atoms with van der Waals surface area (Å²) in [6.45, 7) is 0.952. The Kier molecular flexibility index (Phi) is 9.90. The second kappa shape index (κ2) is 10.9. The van der Waals surface area contributed by atoms with E-state index in [1.165, 1.54) is 0 Å². The number of carbonyl (C=O) groups is 2. The Hall–Kier alpha value is -1.87. The Balaban J connectivity index is 3.60. The summed E-state index contributed by atoms with van der Waals surface area (Å²) in [6, 6.07) is -1.45. The van der Waals surface area contributed by atoms with Gasteiger partial charge in [-0.05, 0) is 32.1 Å². The molecular formula is C12H26N6O3. The van der Waals surface area contributed by atoms with Crippen molar-refractivity contribution >= 4 is 17.8 Å². The predicted molar refractivity (Wildman–Crippen MR) is 79.6 cm³/mol. The van der Waals surface area contributed by atoms with Gasteiger partial charge in [0.05, 0.1) is 6.04 Å². The van der Waals surface area contributed by atoms with E-state index in [0.717, 1.165) is 0 Å². The number of guanidine groups is 1. The van der Waals surface area contributed by atoms with E-state index in [1.54, 1.807) is 0 Å². The van der Waals surface area contributed by atoms with Crippen LogP contribution < -0.4 is 27.8 Å². The summed E-state index contributed by atoms with van der Waals surface area (Å²) in [7, 11) is 0. The number of hydrogen-bond donors (Lipinski definition) is 7. The minimum Gasteiger partial charge on any atom is -0.480 e. The lowest BCUT2D eigenvalue weighted by atomic mass is 10.1. The number of carboxylic acids is 1.